The van der Waals surface area contributed by atoms with E-state index in [4.69, 9.17) is 5.11 Å². The van der Waals surface area contributed by atoms with Crippen LogP contribution in [0.25, 0.3) is 0 Å². The number of aliphatic hydroxyl groups excluding tert-OH is 1. The van der Waals surface area contributed by atoms with Crippen LogP contribution in [0.4, 0.5) is 5.95 Å². The Labute approximate surface area is 105 Å². The second-order valence-electron chi connectivity index (χ2n) is 4.56. The molecule has 0 spiro atoms. The molecule has 1 fully saturated rings. The van der Waals surface area contributed by atoms with Gasteiger partial charge in [-0.1, -0.05) is 12.8 Å². The predicted octanol–water partition coefficient (Wildman–Crippen LogP) is 1.14. The van der Waals surface area contributed by atoms with Gasteiger partial charge in [-0.05, 0) is 18.9 Å². The fourth-order valence-electron chi connectivity index (χ4n) is 2.21. The first kappa shape index (κ1) is 12.8. The van der Waals surface area contributed by atoms with Gasteiger partial charge in [0.2, 0.25) is 5.95 Å². The summed E-state index contributed by atoms with van der Waals surface area (Å²) in [5.74, 6) is -0.582. The first-order valence-electron chi connectivity index (χ1n) is 6.15. The van der Waals surface area contributed by atoms with Crippen LogP contribution in [-0.2, 0) is 0 Å². The molecule has 98 valence electrons. The van der Waals surface area contributed by atoms with E-state index >= 15 is 0 Å². The zero-order valence-electron chi connectivity index (χ0n) is 10.0. The molecule has 1 saturated carbocycles. The molecule has 1 aliphatic rings. The minimum Gasteiger partial charge on any atom is -0.477 e. The molecule has 0 aromatic carbocycles. The molecule has 0 radical (unpaired) electrons. The number of nitrogens with zero attached hydrogens (tertiary/aromatic N) is 2. The summed E-state index contributed by atoms with van der Waals surface area (Å²) in [7, 11) is 0. The zero-order valence-corrected chi connectivity index (χ0v) is 10.0. The van der Waals surface area contributed by atoms with Crippen LogP contribution in [0, 0.1) is 5.92 Å². The third kappa shape index (κ3) is 3.16. The quantitative estimate of drug-likeness (QED) is 0.742. The van der Waals surface area contributed by atoms with Gasteiger partial charge in [0, 0.05) is 18.7 Å². The highest BCUT2D eigenvalue weighted by atomic mass is 16.4. The lowest BCUT2D eigenvalue weighted by molar-refractivity contribution is 0.0689. The Kier molecular flexibility index (Phi) is 4.09. The van der Waals surface area contributed by atoms with E-state index in [0.29, 0.717) is 12.5 Å². The van der Waals surface area contributed by atoms with Crippen molar-refractivity contribution in [2.45, 2.75) is 31.8 Å². The number of carboxylic acid groups (broad SMARTS) is 1. The molecule has 2 atom stereocenters. The number of nitrogens with one attached hydrogen (secondary N) is 1. The standard InChI is InChI=1S/C12H17N3O3/c16-10-4-2-1-3-8(10)7-14-12-13-6-5-9(15-12)11(17)18/h5-6,8,10,16H,1-4,7H2,(H,17,18)(H,13,14,15). The fraction of sp³-hybridized carbons (Fsp3) is 0.583. The molecule has 2 rings (SSSR count). The first-order valence-corrected chi connectivity index (χ1v) is 6.15. The maximum Gasteiger partial charge on any atom is 0.354 e. The number of carboxylic acids is 1. The summed E-state index contributed by atoms with van der Waals surface area (Å²) in [6.07, 6.45) is 5.14. The van der Waals surface area contributed by atoms with Gasteiger partial charge in [-0.2, -0.15) is 0 Å². The molecule has 6 heteroatoms. The van der Waals surface area contributed by atoms with Crippen LogP contribution in [0.2, 0.25) is 0 Å². The Balaban J connectivity index is 1.93. The molecule has 1 aliphatic carbocycles. The van der Waals surface area contributed by atoms with Crippen molar-refractivity contribution in [2.75, 3.05) is 11.9 Å². The minimum absolute atomic E-state index is 0.0308. The van der Waals surface area contributed by atoms with Crippen LogP contribution in [0.15, 0.2) is 12.3 Å². The summed E-state index contributed by atoms with van der Waals surface area (Å²) < 4.78 is 0. The lowest BCUT2D eigenvalue weighted by Crippen LogP contribution is -2.30. The number of hydrogen-bond donors (Lipinski definition) is 3. The Morgan fingerprint density at radius 3 is 2.94 bits per heavy atom. The van der Waals surface area contributed by atoms with Gasteiger partial charge < -0.3 is 15.5 Å². The van der Waals surface area contributed by atoms with E-state index in [0.717, 1.165) is 25.7 Å². The van der Waals surface area contributed by atoms with Gasteiger partial charge in [-0.15, -0.1) is 0 Å². The van der Waals surface area contributed by atoms with E-state index in [9.17, 15) is 9.90 Å². The van der Waals surface area contributed by atoms with Gasteiger partial charge in [0.1, 0.15) is 0 Å². The monoisotopic (exact) mass is 251 g/mol. The molecule has 0 aliphatic heterocycles. The van der Waals surface area contributed by atoms with Gasteiger partial charge in [-0.25, -0.2) is 14.8 Å². The third-order valence-electron chi connectivity index (χ3n) is 3.27. The van der Waals surface area contributed by atoms with Crippen molar-refractivity contribution in [2.24, 2.45) is 5.92 Å². The normalized spacial score (nSPS) is 23.6. The largest absolute Gasteiger partial charge is 0.477 e. The highest BCUT2D eigenvalue weighted by Crippen LogP contribution is 2.24. The maximum absolute atomic E-state index is 10.8. The third-order valence-corrected chi connectivity index (χ3v) is 3.27. The lowest BCUT2D eigenvalue weighted by Gasteiger charge is -2.27. The number of aliphatic hydroxyl groups is 1. The van der Waals surface area contributed by atoms with Crippen molar-refractivity contribution >= 4 is 11.9 Å². The Bertz CT molecular complexity index is 425. The molecule has 18 heavy (non-hydrogen) atoms. The van der Waals surface area contributed by atoms with Crippen molar-refractivity contribution in [3.63, 3.8) is 0 Å². The molecule has 0 amide bonds. The van der Waals surface area contributed by atoms with Crippen molar-refractivity contribution in [3.05, 3.63) is 18.0 Å². The van der Waals surface area contributed by atoms with E-state index in [1.807, 2.05) is 0 Å². The summed E-state index contributed by atoms with van der Waals surface area (Å²) in [5.41, 5.74) is -0.0308. The molecular formula is C12H17N3O3. The van der Waals surface area contributed by atoms with E-state index in [1.165, 1.54) is 12.3 Å². The van der Waals surface area contributed by atoms with Crippen LogP contribution in [0.3, 0.4) is 0 Å². The highest BCUT2D eigenvalue weighted by molar-refractivity contribution is 5.85. The van der Waals surface area contributed by atoms with E-state index in [2.05, 4.69) is 15.3 Å². The SMILES string of the molecule is O=C(O)c1ccnc(NCC2CCCCC2O)n1. The fourth-order valence-corrected chi connectivity index (χ4v) is 2.21. The van der Waals surface area contributed by atoms with Crippen LogP contribution >= 0.6 is 0 Å². The molecule has 1 heterocycles. The Hall–Kier alpha value is -1.69. The summed E-state index contributed by atoms with van der Waals surface area (Å²) in [4.78, 5) is 18.6. The summed E-state index contributed by atoms with van der Waals surface area (Å²) >= 11 is 0. The minimum atomic E-state index is -1.07. The van der Waals surface area contributed by atoms with Crippen LogP contribution in [0.1, 0.15) is 36.2 Å². The van der Waals surface area contributed by atoms with Crippen molar-refractivity contribution in [1.82, 2.24) is 9.97 Å². The van der Waals surface area contributed by atoms with Crippen molar-refractivity contribution in [1.29, 1.82) is 0 Å². The number of aromatic carboxylic acids is 1. The molecule has 3 N–H and O–H groups in total. The first-order chi connectivity index (χ1) is 8.66. The van der Waals surface area contributed by atoms with Gasteiger partial charge >= 0.3 is 5.97 Å². The molecule has 0 bridgehead atoms. The van der Waals surface area contributed by atoms with Crippen LogP contribution in [-0.4, -0.2) is 38.8 Å². The lowest BCUT2D eigenvalue weighted by atomic mass is 9.86. The Morgan fingerprint density at radius 2 is 2.22 bits per heavy atom. The Morgan fingerprint density at radius 1 is 1.44 bits per heavy atom. The molecule has 1 aromatic heterocycles. The van der Waals surface area contributed by atoms with Crippen molar-refractivity contribution < 1.29 is 15.0 Å². The van der Waals surface area contributed by atoms with Gasteiger partial charge in [-0.3, -0.25) is 0 Å². The zero-order chi connectivity index (χ0) is 13.0. The van der Waals surface area contributed by atoms with E-state index < -0.39 is 5.97 Å². The molecule has 0 saturated heterocycles. The molecule has 2 unspecified atom stereocenters. The van der Waals surface area contributed by atoms with Gasteiger partial charge in [0.05, 0.1) is 6.10 Å². The van der Waals surface area contributed by atoms with Gasteiger partial charge in [0.15, 0.2) is 5.69 Å². The maximum atomic E-state index is 10.8. The summed E-state index contributed by atoms with van der Waals surface area (Å²) in [5, 5.41) is 21.6. The van der Waals surface area contributed by atoms with Gasteiger partial charge in [0.25, 0.3) is 0 Å². The number of rotatable bonds is 4. The van der Waals surface area contributed by atoms with Crippen molar-refractivity contribution in [3.8, 4) is 0 Å². The topological polar surface area (TPSA) is 95.3 Å². The second kappa shape index (κ2) is 5.77. The molecule has 1 aromatic rings. The smallest absolute Gasteiger partial charge is 0.354 e. The summed E-state index contributed by atoms with van der Waals surface area (Å²) in [6, 6.07) is 1.35. The van der Waals surface area contributed by atoms with E-state index in [-0.39, 0.29) is 17.7 Å². The number of carbonyl (C=O) groups is 1. The molecular weight excluding hydrogens is 234 g/mol. The molecule has 6 nitrogen and oxygen atoms in total. The number of hydrogen-bond acceptors (Lipinski definition) is 5. The highest BCUT2D eigenvalue weighted by Gasteiger charge is 2.22. The number of anilines is 1. The van der Waals surface area contributed by atoms with Crippen LogP contribution < -0.4 is 5.32 Å². The number of aromatic nitrogens is 2. The summed E-state index contributed by atoms with van der Waals surface area (Å²) in [6.45, 7) is 0.574. The average Bonchev–Trinajstić information content (AvgIpc) is 2.38. The predicted molar refractivity (Wildman–Crippen MR) is 65.4 cm³/mol. The van der Waals surface area contributed by atoms with E-state index in [1.54, 1.807) is 0 Å². The van der Waals surface area contributed by atoms with Crippen LogP contribution in [0.5, 0.6) is 0 Å². The second-order valence-corrected chi connectivity index (χ2v) is 4.56. The average molecular weight is 251 g/mol.